The van der Waals surface area contributed by atoms with Gasteiger partial charge in [0.15, 0.2) is 5.16 Å². The summed E-state index contributed by atoms with van der Waals surface area (Å²) in [6, 6.07) is 1.49. The molecule has 1 saturated heterocycles. The van der Waals surface area contributed by atoms with Crippen molar-refractivity contribution < 1.29 is 0 Å². The molecule has 1 aromatic heterocycles. The molecule has 1 aliphatic carbocycles. The highest BCUT2D eigenvalue weighted by Gasteiger charge is 2.26. The molecule has 1 aliphatic heterocycles. The molecule has 0 spiro atoms. The first-order chi connectivity index (χ1) is 8.34. The molecule has 94 valence electrons. The smallest absolute Gasteiger partial charge is 0.191 e. The predicted octanol–water partition coefficient (Wildman–Crippen LogP) is 2.19. The molecule has 2 heterocycles. The molecule has 0 aromatic carbocycles. The summed E-state index contributed by atoms with van der Waals surface area (Å²) in [5.74, 6) is 1.17. The molecule has 1 aromatic rings. The van der Waals surface area contributed by atoms with E-state index in [0.29, 0.717) is 6.04 Å². The number of likely N-dealkylation sites (tertiary alicyclic amines) is 1. The second-order valence-corrected chi connectivity index (χ2v) is 6.23. The molecule has 2 fully saturated rings. The molecule has 17 heavy (non-hydrogen) atoms. The zero-order valence-electron chi connectivity index (χ0n) is 10.4. The van der Waals surface area contributed by atoms with Crippen LogP contribution in [0.3, 0.4) is 0 Å². The van der Waals surface area contributed by atoms with Crippen molar-refractivity contribution >= 4 is 11.8 Å². The fourth-order valence-electron chi connectivity index (χ4n) is 2.57. The van der Waals surface area contributed by atoms with Gasteiger partial charge in [-0.15, -0.1) is 10.2 Å². The van der Waals surface area contributed by atoms with E-state index in [9.17, 15) is 0 Å². The highest BCUT2D eigenvalue weighted by Crippen LogP contribution is 2.37. The van der Waals surface area contributed by atoms with E-state index in [-0.39, 0.29) is 0 Å². The molecule has 0 amide bonds. The molecule has 1 atom stereocenters. The van der Waals surface area contributed by atoms with Crippen LogP contribution in [0.5, 0.6) is 0 Å². The minimum Gasteiger partial charge on any atom is -0.306 e. The lowest BCUT2D eigenvalue weighted by Gasteiger charge is -2.18. The number of thioether (sulfide) groups is 1. The number of hydrogen-bond acceptors (Lipinski definition) is 4. The van der Waals surface area contributed by atoms with Crippen LogP contribution in [-0.2, 0) is 0 Å². The summed E-state index contributed by atoms with van der Waals surface area (Å²) in [5, 5.41) is 9.37. The lowest BCUT2D eigenvalue weighted by molar-refractivity contribution is 0.305. The minimum absolute atomic E-state index is 0.696. The summed E-state index contributed by atoms with van der Waals surface area (Å²) >= 11 is 1.87. The zero-order valence-corrected chi connectivity index (χ0v) is 11.2. The van der Waals surface area contributed by atoms with E-state index < -0.39 is 0 Å². The van der Waals surface area contributed by atoms with Crippen LogP contribution in [0.25, 0.3) is 0 Å². The second kappa shape index (κ2) is 4.98. The van der Waals surface area contributed by atoms with E-state index in [1.807, 2.05) is 18.1 Å². The van der Waals surface area contributed by atoms with Crippen LogP contribution in [0.2, 0.25) is 0 Å². The first kappa shape index (κ1) is 11.5. The lowest BCUT2D eigenvalue weighted by Crippen LogP contribution is -2.25. The summed E-state index contributed by atoms with van der Waals surface area (Å²) in [7, 11) is 2.25. The number of rotatable bonds is 5. The van der Waals surface area contributed by atoms with Crippen LogP contribution >= 0.6 is 11.8 Å². The largest absolute Gasteiger partial charge is 0.306 e. The molecule has 0 radical (unpaired) electrons. The van der Waals surface area contributed by atoms with Crippen molar-refractivity contribution in [1.29, 1.82) is 0 Å². The number of hydrogen-bond donors (Lipinski definition) is 0. The summed E-state index contributed by atoms with van der Waals surface area (Å²) in [4.78, 5) is 2.49. The lowest BCUT2D eigenvalue weighted by atomic mass is 10.2. The normalized spacial score (nSPS) is 25.6. The molecule has 2 aliphatic rings. The Labute approximate surface area is 107 Å². The first-order valence-electron chi connectivity index (χ1n) is 6.57. The van der Waals surface area contributed by atoms with Gasteiger partial charge in [-0.2, -0.15) is 0 Å². The third kappa shape index (κ3) is 2.65. The SMILES string of the molecule is CN1CCC[C@H]1CCSc1nncn1C1CC1. The van der Waals surface area contributed by atoms with E-state index >= 15 is 0 Å². The van der Waals surface area contributed by atoms with Crippen LogP contribution < -0.4 is 0 Å². The summed E-state index contributed by atoms with van der Waals surface area (Å²) in [5.41, 5.74) is 0. The van der Waals surface area contributed by atoms with Crippen LogP contribution in [0.4, 0.5) is 0 Å². The van der Waals surface area contributed by atoms with Gasteiger partial charge in [0.25, 0.3) is 0 Å². The molecule has 1 saturated carbocycles. The molecule has 0 N–H and O–H groups in total. The highest BCUT2D eigenvalue weighted by molar-refractivity contribution is 7.99. The minimum atomic E-state index is 0.696. The van der Waals surface area contributed by atoms with Crippen molar-refractivity contribution in [2.45, 2.75) is 49.3 Å². The second-order valence-electron chi connectivity index (χ2n) is 5.17. The Bertz CT molecular complexity index is 374. The van der Waals surface area contributed by atoms with Gasteiger partial charge >= 0.3 is 0 Å². The van der Waals surface area contributed by atoms with Crippen molar-refractivity contribution in [2.24, 2.45) is 0 Å². The van der Waals surface area contributed by atoms with Crippen LogP contribution in [0, 0.1) is 0 Å². The van der Waals surface area contributed by atoms with Gasteiger partial charge in [0.05, 0.1) is 0 Å². The third-order valence-electron chi connectivity index (χ3n) is 3.83. The number of nitrogens with zero attached hydrogens (tertiary/aromatic N) is 4. The molecule has 0 bridgehead atoms. The molecule has 3 rings (SSSR count). The molecule has 4 nitrogen and oxygen atoms in total. The van der Waals surface area contributed by atoms with Crippen molar-refractivity contribution in [1.82, 2.24) is 19.7 Å². The fourth-order valence-corrected chi connectivity index (χ4v) is 3.59. The van der Waals surface area contributed by atoms with Gasteiger partial charge in [0.2, 0.25) is 0 Å². The summed E-state index contributed by atoms with van der Waals surface area (Å²) < 4.78 is 2.25. The first-order valence-corrected chi connectivity index (χ1v) is 7.55. The van der Waals surface area contributed by atoms with Crippen molar-refractivity contribution in [3.05, 3.63) is 6.33 Å². The van der Waals surface area contributed by atoms with Crippen molar-refractivity contribution in [3.63, 3.8) is 0 Å². The van der Waals surface area contributed by atoms with E-state index in [4.69, 9.17) is 0 Å². The molecule has 0 unspecified atom stereocenters. The van der Waals surface area contributed by atoms with E-state index in [1.165, 1.54) is 44.4 Å². The standard InChI is InChI=1S/C12H20N4S/c1-15-7-2-3-10(15)6-8-17-12-14-13-9-16(12)11-4-5-11/h9-11H,2-8H2,1H3/t10-/m0/s1. The topological polar surface area (TPSA) is 34.0 Å². The van der Waals surface area contributed by atoms with E-state index in [2.05, 4.69) is 26.7 Å². The van der Waals surface area contributed by atoms with Gasteiger partial charge in [-0.05, 0) is 45.7 Å². The zero-order chi connectivity index (χ0) is 11.7. The molecular weight excluding hydrogens is 232 g/mol. The monoisotopic (exact) mass is 252 g/mol. The molecule has 5 heteroatoms. The van der Waals surface area contributed by atoms with Gasteiger partial charge < -0.3 is 9.47 Å². The maximum atomic E-state index is 4.22. The molecular formula is C12H20N4S. The van der Waals surface area contributed by atoms with Gasteiger partial charge in [0, 0.05) is 17.8 Å². The Balaban J connectivity index is 1.48. The Morgan fingerprint density at radius 2 is 2.29 bits per heavy atom. The maximum absolute atomic E-state index is 4.22. The van der Waals surface area contributed by atoms with Crippen molar-refractivity contribution in [3.8, 4) is 0 Å². The fraction of sp³-hybridized carbons (Fsp3) is 0.833. The average Bonchev–Trinajstić information content (AvgIpc) is 2.93. The summed E-state index contributed by atoms with van der Waals surface area (Å²) in [6.07, 6.45) is 8.50. The Morgan fingerprint density at radius 3 is 3.00 bits per heavy atom. The van der Waals surface area contributed by atoms with Gasteiger partial charge in [-0.1, -0.05) is 11.8 Å². The van der Waals surface area contributed by atoms with Crippen LogP contribution in [0.15, 0.2) is 11.5 Å². The van der Waals surface area contributed by atoms with Crippen molar-refractivity contribution in [2.75, 3.05) is 19.3 Å². The average molecular weight is 252 g/mol. The van der Waals surface area contributed by atoms with Crippen LogP contribution in [-0.4, -0.2) is 45.1 Å². The Morgan fingerprint density at radius 1 is 1.41 bits per heavy atom. The van der Waals surface area contributed by atoms with Crippen LogP contribution in [0.1, 0.15) is 38.1 Å². The van der Waals surface area contributed by atoms with Gasteiger partial charge in [-0.25, -0.2) is 0 Å². The third-order valence-corrected chi connectivity index (χ3v) is 4.82. The predicted molar refractivity (Wildman–Crippen MR) is 69.3 cm³/mol. The highest BCUT2D eigenvalue weighted by atomic mass is 32.2. The van der Waals surface area contributed by atoms with E-state index in [0.717, 1.165) is 11.2 Å². The summed E-state index contributed by atoms with van der Waals surface area (Å²) in [6.45, 7) is 1.27. The van der Waals surface area contributed by atoms with Gasteiger partial charge in [-0.3, -0.25) is 0 Å². The number of aromatic nitrogens is 3. The quantitative estimate of drug-likeness (QED) is 0.752. The van der Waals surface area contributed by atoms with Gasteiger partial charge in [0.1, 0.15) is 6.33 Å². The Hall–Kier alpha value is -0.550. The maximum Gasteiger partial charge on any atom is 0.191 e. The van der Waals surface area contributed by atoms with E-state index in [1.54, 1.807) is 0 Å². The Kier molecular flexibility index (Phi) is 3.38.